The molecule has 8 heteroatoms. The van der Waals surface area contributed by atoms with Gasteiger partial charge in [-0.05, 0) is 68.7 Å². The lowest BCUT2D eigenvalue weighted by atomic mass is 10.1. The van der Waals surface area contributed by atoms with Crippen molar-refractivity contribution >= 4 is 54.8 Å². The SMILES string of the molecule is COc1ccc(C=NNC(=O)COc2ccc3cc(Br)ccc3c2Br)cc1O. The molecule has 0 aliphatic rings. The summed E-state index contributed by atoms with van der Waals surface area (Å²) in [6.07, 6.45) is 1.42. The van der Waals surface area contributed by atoms with Crippen LogP contribution in [-0.2, 0) is 4.79 Å². The first-order chi connectivity index (χ1) is 13.5. The Bertz CT molecular complexity index is 1050. The number of halogens is 2. The van der Waals surface area contributed by atoms with E-state index in [0.717, 1.165) is 19.7 Å². The van der Waals surface area contributed by atoms with E-state index in [9.17, 15) is 9.90 Å². The van der Waals surface area contributed by atoms with Crippen LogP contribution in [0.3, 0.4) is 0 Å². The number of nitrogens with one attached hydrogen (secondary N) is 1. The molecule has 28 heavy (non-hydrogen) atoms. The van der Waals surface area contributed by atoms with Crippen molar-refractivity contribution in [3.8, 4) is 17.2 Å². The van der Waals surface area contributed by atoms with E-state index in [-0.39, 0.29) is 12.4 Å². The minimum atomic E-state index is -0.406. The number of aromatic hydroxyl groups is 1. The maximum Gasteiger partial charge on any atom is 0.277 e. The Hall–Kier alpha value is -2.58. The average Bonchev–Trinajstić information content (AvgIpc) is 2.67. The van der Waals surface area contributed by atoms with Gasteiger partial charge in [-0.15, -0.1) is 0 Å². The smallest absolute Gasteiger partial charge is 0.277 e. The molecule has 1 amide bonds. The van der Waals surface area contributed by atoms with Crippen molar-refractivity contribution < 1.29 is 19.4 Å². The van der Waals surface area contributed by atoms with E-state index in [4.69, 9.17) is 9.47 Å². The van der Waals surface area contributed by atoms with Crippen molar-refractivity contribution in [1.82, 2.24) is 5.43 Å². The van der Waals surface area contributed by atoms with Gasteiger partial charge in [-0.2, -0.15) is 5.10 Å². The lowest BCUT2D eigenvalue weighted by molar-refractivity contribution is -0.123. The summed E-state index contributed by atoms with van der Waals surface area (Å²) in [7, 11) is 1.47. The molecule has 144 valence electrons. The predicted molar refractivity (Wildman–Crippen MR) is 115 cm³/mol. The van der Waals surface area contributed by atoms with Gasteiger partial charge in [0.25, 0.3) is 5.91 Å². The molecule has 0 spiro atoms. The van der Waals surface area contributed by atoms with Crippen LogP contribution in [0, 0.1) is 0 Å². The van der Waals surface area contributed by atoms with E-state index < -0.39 is 5.91 Å². The molecule has 0 aliphatic carbocycles. The summed E-state index contributed by atoms with van der Waals surface area (Å²) >= 11 is 6.97. The number of fused-ring (bicyclic) bond motifs is 1. The quantitative estimate of drug-likeness (QED) is 0.377. The minimum absolute atomic E-state index is 0.00528. The molecule has 0 heterocycles. The second kappa shape index (κ2) is 9.07. The van der Waals surface area contributed by atoms with E-state index in [1.165, 1.54) is 19.4 Å². The van der Waals surface area contributed by atoms with Crippen molar-refractivity contribution in [2.45, 2.75) is 0 Å². The van der Waals surface area contributed by atoms with Crippen molar-refractivity contribution in [2.75, 3.05) is 13.7 Å². The van der Waals surface area contributed by atoms with Crippen LogP contribution >= 0.6 is 31.9 Å². The Kier molecular flexibility index (Phi) is 6.53. The Balaban J connectivity index is 1.58. The number of amides is 1. The molecular formula is C20H16Br2N2O4. The first-order valence-electron chi connectivity index (χ1n) is 8.17. The number of hydrogen-bond donors (Lipinski definition) is 2. The van der Waals surface area contributed by atoms with Gasteiger partial charge in [-0.1, -0.05) is 28.1 Å². The molecule has 0 unspecified atom stereocenters. The maximum absolute atomic E-state index is 12.0. The Labute approximate surface area is 178 Å². The summed E-state index contributed by atoms with van der Waals surface area (Å²) in [5.74, 6) is 0.517. The molecule has 0 aliphatic heterocycles. The predicted octanol–water partition coefficient (Wildman–Crippen LogP) is 4.61. The molecular weight excluding hydrogens is 492 g/mol. The van der Waals surface area contributed by atoms with Gasteiger partial charge in [0.15, 0.2) is 18.1 Å². The topological polar surface area (TPSA) is 80.2 Å². The number of phenols is 1. The fourth-order valence-corrected chi connectivity index (χ4v) is 3.48. The number of benzene rings is 3. The number of hydrogen-bond acceptors (Lipinski definition) is 5. The normalized spacial score (nSPS) is 11.0. The first kappa shape index (κ1) is 20.2. The van der Waals surface area contributed by atoms with E-state index >= 15 is 0 Å². The van der Waals surface area contributed by atoms with Crippen molar-refractivity contribution in [3.63, 3.8) is 0 Å². The average molecular weight is 508 g/mol. The van der Waals surface area contributed by atoms with Crippen LogP contribution in [0.5, 0.6) is 17.2 Å². The van der Waals surface area contributed by atoms with Gasteiger partial charge >= 0.3 is 0 Å². The van der Waals surface area contributed by atoms with E-state index in [2.05, 4.69) is 42.4 Å². The number of carbonyl (C=O) groups is 1. The van der Waals surface area contributed by atoms with Crippen LogP contribution in [-0.4, -0.2) is 30.9 Å². The van der Waals surface area contributed by atoms with Crippen LogP contribution in [0.1, 0.15) is 5.56 Å². The summed E-state index contributed by atoms with van der Waals surface area (Å²) in [6.45, 7) is -0.189. The van der Waals surface area contributed by atoms with Crippen LogP contribution in [0.4, 0.5) is 0 Å². The summed E-state index contributed by atoms with van der Waals surface area (Å²) < 4.78 is 12.3. The monoisotopic (exact) mass is 506 g/mol. The Morgan fingerprint density at radius 1 is 1.14 bits per heavy atom. The summed E-state index contributed by atoms with van der Waals surface area (Å²) in [6, 6.07) is 14.4. The highest BCUT2D eigenvalue weighted by Gasteiger charge is 2.09. The standard InChI is InChI=1S/C20H16Br2N2O4/c1-27-17-6-2-12(8-16(17)25)10-23-24-19(26)11-28-18-7-3-13-9-14(21)4-5-15(13)20(18)22/h2-10,25H,11H2,1H3,(H,24,26). The van der Waals surface area contributed by atoms with Crippen LogP contribution < -0.4 is 14.9 Å². The van der Waals surface area contributed by atoms with E-state index in [0.29, 0.717) is 17.1 Å². The third-order valence-corrected chi connectivity index (χ3v) is 5.16. The zero-order valence-corrected chi connectivity index (χ0v) is 18.0. The third kappa shape index (κ3) is 4.82. The summed E-state index contributed by atoms with van der Waals surface area (Å²) in [4.78, 5) is 12.0. The highest BCUT2D eigenvalue weighted by molar-refractivity contribution is 9.11. The second-order valence-electron chi connectivity index (χ2n) is 5.76. The van der Waals surface area contributed by atoms with Crippen LogP contribution in [0.2, 0.25) is 0 Å². The van der Waals surface area contributed by atoms with Crippen LogP contribution in [0.15, 0.2) is 62.6 Å². The van der Waals surface area contributed by atoms with Crippen LogP contribution in [0.25, 0.3) is 10.8 Å². The maximum atomic E-state index is 12.0. The van der Waals surface area contributed by atoms with Crippen molar-refractivity contribution in [2.24, 2.45) is 5.10 Å². The highest BCUT2D eigenvalue weighted by atomic mass is 79.9. The summed E-state index contributed by atoms with van der Waals surface area (Å²) in [5.41, 5.74) is 3.00. The van der Waals surface area contributed by atoms with Crippen molar-refractivity contribution in [1.29, 1.82) is 0 Å². The molecule has 3 aromatic rings. The minimum Gasteiger partial charge on any atom is -0.504 e. The molecule has 3 aromatic carbocycles. The van der Waals surface area contributed by atoms with Crippen molar-refractivity contribution in [3.05, 3.63) is 63.0 Å². The fourth-order valence-electron chi connectivity index (χ4n) is 2.50. The number of methoxy groups -OCH3 is 1. The lowest BCUT2D eigenvalue weighted by Crippen LogP contribution is -2.24. The zero-order valence-electron chi connectivity index (χ0n) is 14.8. The van der Waals surface area contributed by atoms with E-state index in [1.54, 1.807) is 18.2 Å². The number of nitrogens with zero attached hydrogens (tertiary/aromatic N) is 1. The number of hydrazone groups is 1. The number of ether oxygens (including phenoxy) is 2. The fraction of sp³-hybridized carbons (Fsp3) is 0.100. The first-order valence-corrected chi connectivity index (χ1v) is 9.76. The molecule has 3 rings (SSSR count). The number of carbonyl (C=O) groups excluding carboxylic acids is 1. The van der Waals surface area contributed by atoms with E-state index in [1.807, 2.05) is 24.3 Å². The summed E-state index contributed by atoms with van der Waals surface area (Å²) in [5, 5.41) is 15.6. The third-order valence-electron chi connectivity index (χ3n) is 3.85. The Morgan fingerprint density at radius 2 is 1.93 bits per heavy atom. The van der Waals surface area contributed by atoms with Gasteiger partial charge in [-0.25, -0.2) is 5.43 Å². The molecule has 0 saturated heterocycles. The second-order valence-corrected chi connectivity index (χ2v) is 7.46. The largest absolute Gasteiger partial charge is 0.504 e. The molecule has 0 radical (unpaired) electrons. The molecule has 0 bridgehead atoms. The number of phenolic OH excluding ortho intramolecular Hbond substituents is 1. The molecule has 2 N–H and O–H groups in total. The van der Waals surface area contributed by atoms with Gasteiger partial charge < -0.3 is 14.6 Å². The zero-order chi connectivity index (χ0) is 20.1. The molecule has 0 saturated carbocycles. The van der Waals surface area contributed by atoms with Gasteiger partial charge in [0.05, 0.1) is 17.8 Å². The van der Waals surface area contributed by atoms with Gasteiger partial charge in [-0.3, -0.25) is 4.79 Å². The lowest BCUT2D eigenvalue weighted by Gasteiger charge is -2.10. The van der Waals surface area contributed by atoms with Gasteiger partial charge in [0.2, 0.25) is 0 Å². The Morgan fingerprint density at radius 3 is 2.68 bits per heavy atom. The molecule has 0 fully saturated rings. The molecule has 0 aromatic heterocycles. The number of rotatable bonds is 6. The van der Waals surface area contributed by atoms with Gasteiger partial charge in [0, 0.05) is 4.47 Å². The molecule has 0 atom stereocenters. The van der Waals surface area contributed by atoms with Gasteiger partial charge in [0.1, 0.15) is 5.75 Å². The molecule has 6 nitrogen and oxygen atoms in total. The highest BCUT2D eigenvalue weighted by Crippen LogP contribution is 2.34.